The van der Waals surface area contributed by atoms with Crippen LogP contribution in [0.3, 0.4) is 0 Å². The van der Waals surface area contributed by atoms with Gasteiger partial charge in [0, 0.05) is 12.5 Å². The van der Waals surface area contributed by atoms with Crippen LogP contribution >= 0.6 is 15.9 Å². The average molecular weight is 481 g/mol. The summed E-state index contributed by atoms with van der Waals surface area (Å²) >= 11 is 3.33. The Labute approximate surface area is 183 Å². The number of aliphatic hydroxyl groups excluding tert-OH is 1. The van der Waals surface area contributed by atoms with Crippen molar-refractivity contribution in [3.8, 4) is 23.0 Å². The van der Waals surface area contributed by atoms with Gasteiger partial charge in [0.05, 0.1) is 10.0 Å². The number of Topliss-reactive ketones (excluding diaryl/α,β-unsaturated/α-hetero) is 1. The molecule has 0 radical (unpaired) electrons. The Balaban J connectivity index is 1.98. The van der Waals surface area contributed by atoms with E-state index in [4.69, 9.17) is 14.2 Å². The Morgan fingerprint density at radius 1 is 1.07 bits per heavy atom. The molecule has 2 aromatic rings. The largest absolute Gasteiger partial charge is 0.507 e. The lowest BCUT2D eigenvalue weighted by Crippen LogP contribution is -2.25. The highest BCUT2D eigenvalue weighted by Gasteiger charge is 2.17. The summed E-state index contributed by atoms with van der Waals surface area (Å²) in [6.07, 6.45) is 0.360. The van der Waals surface area contributed by atoms with Crippen LogP contribution in [0.2, 0.25) is 0 Å². The van der Waals surface area contributed by atoms with Crippen molar-refractivity contribution in [1.29, 1.82) is 0 Å². The quantitative estimate of drug-likeness (QED) is 0.300. The molecule has 1 unspecified atom stereocenters. The summed E-state index contributed by atoms with van der Waals surface area (Å²) in [5, 5.41) is 20.6. The molecule has 0 aliphatic carbocycles. The predicted molar refractivity (Wildman–Crippen MR) is 115 cm³/mol. The molecule has 0 aromatic heterocycles. The first-order valence-corrected chi connectivity index (χ1v) is 10.3. The van der Waals surface area contributed by atoms with E-state index in [2.05, 4.69) is 15.9 Å². The molecule has 0 heterocycles. The Morgan fingerprint density at radius 2 is 1.70 bits per heavy atom. The number of phenolic OH excluding ortho intramolecular Hbond substituents is 1. The summed E-state index contributed by atoms with van der Waals surface area (Å²) in [6.45, 7) is 4.57. The van der Waals surface area contributed by atoms with Gasteiger partial charge in [0.1, 0.15) is 42.3 Å². The normalized spacial score (nSPS) is 11.6. The lowest BCUT2D eigenvalue weighted by Gasteiger charge is -2.18. The Hall–Kier alpha value is -2.58. The topological polar surface area (TPSA) is 102 Å². The fourth-order valence-corrected chi connectivity index (χ4v) is 3.25. The zero-order valence-electron chi connectivity index (χ0n) is 17.1. The first-order chi connectivity index (χ1) is 14.2. The van der Waals surface area contributed by atoms with E-state index < -0.39 is 12.1 Å². The monoisotopic (exact) mass is 480 g/mol. The third-order valence-corrected chi connectivity index (χ3v) is 4.77. The second-order valence-corrected chi connectivity index (χ2v) is 7.56. The smallest absolute Gasteiger partial charge is 0.308 e. The number of esters is 1. The summed E-state index contributed by atoms with van der Waals surface area (Å²) in [7, 11) is 0. The third-order valence-electron chi connectivity index (χ3n) is 4.15. The standard InChI is InChI=1S/C22H25BrO7/c1-4-5-18-20(9-7-17(13(2)24)22(18)27)28-11-15(26)12-29-21-8-6-16(10-19(21)23)30-14(3)25/h6-10,15,26-27H,4-5,11-12H2,1-3H3. The Bertz CT molecular complexity index is 911. The molecule has 2 N–H and O–H groups in total. The van der Waals surface area contributed by atoms with Crippen LogP contribution in [-0.4, -0.2) is 41.3 Å². The van der Waals surface area contributed by atoms with E-state index in [-0.39, 0.29) is 30.3 Å². The maximum Gasteiger partial charge on any atom is 0.308 e. The van der Waals surface area contributed by atoms with E-state index in [0.29, 0.717) is 33.7 Å². The van der Waals surface area contributed by atoms with Crippen molar-refractivity contribution >= 4 is 27.7 Å². The highest BCUT2D eigenvalue weighted by atomic mass is 79.9. The number of benzene rings is 2. The summed E-state index contributed by atoms with van der Waals surface area (Å²) in [4.78, 5) is 22.6. The molecule has 7 nitrogen and oxygen atoms in total. The lowest BCUT2D eigenvalue weighted by atomic mass is 10.0. The van der Waals surface area contributed by atoms with Gasteiger partial charge in [-0.1, -0.05) is 13.3 Å². The van der Waals surface area contributed by atoms with E-state index in [0.717, 1.165) is 6.42 Å². The van der Waals surface area contributed by atoms with Gasteiger partial charge in [-0.05, 0) is 59.6 Å². The van der Waals surface area contributed by atoms with E-state index in [1.54, 1.807) is 24.3 Å². The maximum absolute atomic E-state index is 11.6. The zero-order chi connectivity index (χ0) is 22.3. The van der Waals surface area contributed by atoms with Crippen LogP contribution in [0.5, 0.6) is 23.0 Å². The van der Waals surface area contributed by atoms with Gasteiger partial charge in [0.15, 0.2) is 5.78 Å². The maximum atomic E-state index is 11.6. The predicted octanol–water partition coefficient (Wildman–Crippen LogP) is 4.05. The minimum Gasteiger partial charge on any atom is -0.507 e. The average Bonchev–Trinajstić information content (AvgIpc) is 2.67. The summed E-state index contributed by atoms with van der Waals surface area (Å²) < 4.78 is 16.8. The summed E-state index contributed by atoms with van der Waals surface area (Å²) in [6, 6.07) is 7.93. The molecular weight excluding hydrogens is 456 g/mol. The highest BCUT2D eigenvalue weighted by Crippen LogP contribution is 2.33. The number of phenols is 1. The van der Waals surface area contributed by atoms with Gasteiger partial charge >= 0.3 is 5.97 Å². The minimum absolute atomic E-state index is 0.0356. The van der Waals surface area contributed by atoms with E-state index >= 15 is 0 Å². The van der Waals surface area contributed by atoms with E-state index in [1.165, 1.54) is 19.9 Å². The van der Waals surface area contributed by atoms with Crippen LogP contribution in [0, 0.1) is 0 Å². The molecule has 162 valence electrons. The first kappa shape index (κ1) is 23.7. The zero-order valence-corrected chi connectivity index (χ0v) is 18.7. The fourth-order valence-electron chi connectivity index (χ4n) is 2.78. The second-order valence-electron chi connectivity index (χ2n) is 6.71. The van der Waals surface area contributed by atoms with Crippen LogP contribution in [0.25, 0.3) is 0 Å². The third kappa shape index (κ3) is 6.47. The molecule has 0 saturated heterocycles. The number of hydrogen-bond donors (Lipinski definition) is 2. The number of carbonyl (C=O) groups excluding carboxylic acids is 2. The van der Waals surface area contributed by atoms with Gasteiger partial charge in [-0.2, -0.15) is 0 Å². The van der Waals surface area contributed by atoms with Gasteiger partial charge in [0.25, 0.3) is 0 Å². The number of carbonyl (C=O) groups is 2. The number of ether oxygens (including phenoxy) is 3. The van der Waals surface area contributed by atoms with Gasteiger partial charge in [-0.15, -0.1) is 0 Å². The lowest BCUT2D eigenvalue weighted by molar-refractivity contribution is -0.131. The second kappa shape index (κ2) is 11.0. The summed E-state index contributed by atoms with van der Waals surface area (Å²) in [5.74, 6) is 0.542. The summed E-state index contributed by atoms with van der Waals surface area (Å²) in [5.41, 5.74) is 0.791. The molecular formula is C22H25BrO7. The van der Waals surface area contributed by atoms with Crippen LogP contribution < -0.4 is 14.2 Å². The molecule has 0 aliphatic heterocycles. The number of aliphatic hydroxyl groups is 1. The van der Waals surface area contributed by atoms with Crippen molar-refractivity contribution in [2.75, 3.05) is 13.2 Å². The molecule has 1 atom stereocenters. The number of ketones is 1. The van der Waals surface area contributed by atoms with Crippen molar-refractivity contribution in [2.45, 2.75) is 39.7 Å². The van der Waals surface area contributed by atoms with Gasteiger partial charge < -0.3 is 24.4 Å². The van der Waals surface area contributed by atoms with E-state index in [1.807, 2.05) is 6.92 Å². The number of aromatic hydroxyl groups is 1. The van der Waals surface area contributed by atoms with Gasteiger partial charge in [0.2, 0.25) is 0 Å². The SMILES string of the molecule is CCCc1c(OCC(O)COc2ccc(OC(C)=O)cc2Br)ccc(C(C)=O)c1O. The van der Waals surface area contributed by atoms with Crippen molar-refractivity contribution in [3.05, 3.63) is 45.9 Å². The molecule has 30 heavy (non-hydrogen) atoms. The minimum atomic E-state index is -0.936. The molecule has 0 aliphatic rings. The number of rotatable bonds is 10. The Kier molecular flexibility index (Phi) is 8.68. The van der Waals surface area contributed by atoms with Crippen molar-refractivity contribution in [3.63, 3.8) is 0 Å². The first-order valence-electron chi connectivity index (χ1n) is 9.50. The van der Waals surface area contributed by atoms with Gasteiger partial charge in [-0.3, -0.25) is 9.59 Å². The molecule has 0 bridgehead atoms. The number of halogens is 1. The molecule has 2 aromatic carbocycles. The fraction of sp³-hybridized carbons (Fsp3) is 0.364. The van der Waals surface area contributed by atoms with Crippen molar-refractivity contribution in [2.24, 2.45) is 0 Å². The highest BCUT2D eigenvalue weighted by molar-refractivity contribution is 9.10. The molecule has 8 heteroatoms. The van der Waals surface area contributed by atoms with Crippen LogP contribution in [0.15, 0.2) is 34.8 Å². The van der Waals surface area contributed by atoms with Crippen molar-refractivity contribution in [1.82, 2.24) is 0 Å². The molecule has 0 saturated carbocycles. The van der Waals surface area contributed by atoms with Crippen LogP contribution in [-0.2, 0) is 11.2 Å². The molecule has 0 spiro atoms. The van der Waals surface area contributed by atoms with Crippen LogP contribution in [0.1, 0.15) is 43.1 Å². The molecule has 2 rings (SSSR count). The Morgan fingerprint density at radius 3 is 2.27 bits per heavy atom. The van der Waals surface area contributed by atoms with E-state index in [9.17, 15) is 19.8 Å². The molecule has 0 fully saturated rings. The molecule has 0 amide bonds. The van der Waals surface area contributed by atoms with Crippen molar-refractivity contribution < 1.29 is 34.0 Å². The van der Waals surface area contributed by atoms with Gasteiger partial charge in [-0.25, -0.2) is 0 Å². The number of hydrogen-bond acceptors (Lipinski definition) is 7. The van der Waals surface area contributed by atoms with Crippen LogP contribution in [0.4, 0.5) is 0 Å².